The van der Waals surface area contributed by atoms with E-state index in [1.807, 2.05) is 12.1 Å². The van der Waals surface area contributed by atoms with Gasteiger partial charge >= 0.3 is 0 Å². The molecule has 4 heteroatoms. The number of hydrogen-bond donors (Lipinski definition) is 1. The fourth-order valence-corrected chi connectivity index (χ4v) is 5.09. The van der Waals surface area contributed by atoms with Crippen LogP contribution < -0.4 is 0 Å². The summed E-state index contributed by atoms with van der Waals surface area (Å²) in [5.74, 6) is 0.636. The van der Waals surface area contributed by atoms with Gasteiger partial charge in [0, 0.05) is 44.6 Å². The molecule has 2 aromatic carbocycles. The van der Waals surface area contributed by atoms with Crippen LogP contribution in [0.15, 0.2) is 60.7 Å². The lowest BCUT2D eigenvalue weighted by Gasteiger charge is -2.42. The van der Waals surface area contributed by atoms with Gasteiger partial charge in [-0.15, -0.1) is 0 Å². The van der Waals surface area contributed by atoms with Gasteiger partial charge in [-0.3, -0.25) is 9.69 Å². The van der Waals surface area contributed by atoms with E-state index in [4.69, 9.17) is 0 Å². The van der Waals surface area contributed by atoms with Crippen molar-refractivity contribution in [2.45, 2.75) is 32.2 Å². The number of hydrogen-bond acceptors (Lipinski definition) is 3. The molecule has 2 aliphatic rings. The van der Waals surface area contributed by atoms with E-state index in [0.717, 1.165) is 52.0 Å². The summed E-state index contributed by atoms with van der Waals surface area (Å²) < 4.78 is 0. The van der Waals surface area contributed by atoms with Crippen LogP contribution in [0.4, 0.5) is 0 Å². The summed E-state index contributed by atoms with van der Waals surface area (Å²) in [5, 5.41) is 10.2. The Hall–Kier alpha value is -2.17. The van der Waals surface area contributed by atoms with Crippen LogP contribution in [0.25, 0.3) is 0 Å². The number of fused-ring (bicyclic) bond motifs is 1. The second-order valence-electron chi connectivity index (χ2n) is 8.80. The van der Waals surface area contributed by atoms with Crippen molar-refractivity contribution in [2.24, 2.45) is 11.3 Å². The zero-order chi connectivity index (χ0) is 20.1. The zero-order valence-corrected chi connectivity index (χ0v) is 17.2. The molecule has 0 saturated carbocycles. The molecule has 154 valence electrons. The maximum Gasteiger partial charge on any atom is 0.222 e. The van der Waals surface area contributed by atoms with Gasteiger partial charge in [0.1, 0.15) is 0 Å². The van der Waals surface area contributed by atoms with Crippen LogP contribution in [-0.4, -0.2) is 53.6 Å². The average Bonchev–Trinajstić information content (AvgIpc) is 3.12. The summed E-state index contributed by atoms with van der Waals surface area (Å²) in [6, 6.07) is 20.9. The molecule has 4 rings (SSSR count). The largest absolute Gasteiger partial charge is 0.396 e. The highest BCUT2D eigenvalue weighted by molar-refractivity contribution is 5.76. The van der Waals surface area contributed by atoms with Gasteiger partial charge in [0.05, 0.1) is 6.61 Å². The van der Waals surface area contributed by atoms with E-state index >= 15 is 0 Å². The molecular weight excluding hydrogens is 360 g/mol. The predicted molar refractivity (Wildman–Crippen MR) is 115 cm³/mol. The van der Waals surface area contributed by atoms with E-state index in [0.29, 0.717) is 12.3 Å². The third-order valence-electron chi connectivity index (χ3n) is 6.82. The van der Waals surface area contributed by atoms with Crippen LogP contribution >= 0.6 is 0 Å². The highest BCUT2D eigenvalue weighted by atomic mass is 16.3. The maximum atomic E-state index is 12.8. The molecule has 1 N–H and O–H groups in total. The molecule has 4 nitrogen and oxygen atoms in total. The van der Waals surface area contributed by atoms with Gasteiger partial charge in [0.2, 0.25) is 5.91 Å². The molecule has 0 aromatic heterocycles. The summed E-state index contributed by atoms with van der Waals surface area (Å²) in [4.78, 5) is 17.3. The first-order valence-electron chi connectivity index (χ1n) is 10.9. The van der Waals surface area contributed by atoms with Gasteiger partial charge in [0.25, 0.3) is 0 Å². The molecule has 29 heavy (non-hydrogen) atoms. The number of aryl methyl sites for hydroxylation is 1. The van der Waals surface area contributed by atoms with Gasteiger partial charge in [-0.25, -0.2) is 0 Å². The lowest BCUT2D eigenvalue weighted by molar-refractivity contribution is -0.135. The summed E-state index contributed by atoms with van der Waals surface area (Å²) in [7, 11) is 0. The predicted octanol–water partition coefficient (Wildman–Crippen LogP) is 3.35. The van der Waals surface area contributed by atoms with Crippen LogP contribution in [-0.2, 0) is 17.8 Å². The van der Waals surface area contributed by atoms with Crippen LogP contribution in [0, 0.1) is 11.3 Å². The molecule has 2 saturated heterocycles. The Balaban J connectivity index is 1.31. The molecule has 0 bridgehead atoms. The van der Waals surface area contributed by atoms with Crippen LogP contribution in [0.2, 0.25) is 0 Å². The van der Waals surface area contributed by atoms with Crippen molar-refractivity contribution in [3.63, 3.8) is 0 Å². The van der Waals surface area contributed by atoms with Crippen molar-refractivity contribution < 1.29 is 9.90 Å². The van der Waals surface area contributed by atoms with E-state index in [2.05, 4.69) is 58.3 Å². The number of piperidine rings is 1. The smallest absolute Gasteiger partial charge is 0.222 e. The SMILES string of the molecule is O=C(CCCc1ccccc1)N1CC[C@@]2(CO)CN(Cc3ccccc3)C[C@H]2C1. The molecule has 0 spiro atoms. The molecule has 2 atom stereocenters. The van der Waals surface area contributed by atoms with Crippen LogP contribution in [0.3, 0.4) is 0 Å². The lowest BCUT2D eigenvalue weighted by Crippen LogP contribution is -2.50. The fraction of sp³-hybridized carbons (Fsp3) is 0.480. The Morgan fingerprint density at radius 3 is 2.38 bits per heavy atom. The quantitative estimate of drug-likeness (QED) is 0.786. The minimum Gasteiger partial charge on any atom is -0.396 e. The number of amides is 1. The second-order valence-corrected chi connectivity index (χ2v) is 8.80. The van der Waals surface area contributed by atoms with Crippen molar-refractivity contribution >= 4 is 5.91 Å². The molecule has 2 aromatic rings. The van der Waals surface area contributed by atoms with Crippen molar-refractivity contribution in [3.8, 4) is 0 Å². The summed E-state index contributed by atoms with van der Waals surface area (Å²) in [5.41, 5.74) is 2.56. The molecular formula is C25H32N2O2. The summed E-state index contributed by atoms with van der Waals surface area (Å²) >= 11 is 0. The normalized spacial score (nSPS) is 24.4. The Morgan fingerprint density at radius 2 is 1.69 bits per heavy atom. The number of aliphatic hydroxyl groups excluding tert-OH is 1. The third kappa shape index (κ3) is 4.71. The van der Waals surface area contributed by atoms with Crippen LogP contribution in [0.5, 0.6) is 0 Å². The van der Waals surface area contributed by atoms with E-state index < -0.39 is 0 Å². The molecule has 2 fully saturated rings. The van der Waals surface area contributed by atoms with Gasteiger partial charge in [-0.1, -0.05) is 60.7 Å². The first kappa shape index (κ1) is 20.1. The number of likely N-dealkylation sites (tertiary alicyclic amines) is 2. The number of carbonyl (C=O) groups is 1. The average molecular weight is 393 g/mol. The first-order chi connectivity index (χ1) is 14.2. The minimum atomic E-state index is -0.0460. The van der Waals surface area contributed by atoms with Gasteiger partial charge in [-0.05, 0) is 36.3 Å². The van der Waals surface area contributed by atoms with E-state index in [1.165, 1.54) is 11.1 Å². The number of nitrogens with zero attached hydrogens (tertiary/aromatic N) is 2. The van der Waals surface area contributed by atoms with Gasteiger partial charge in [0.15, 0.2) is 0 Å². The zero-order valence-electron chi connectivity index (χ0n) is 17.2. The molecule has 0 radical (unpaired) electrons. The Labute approximate surface area is 174 Å². The number of rotatable bonds is 7. The number of aliphatic hydroxyl groups is 1. The number of carbonyl (C=O) groups excluding carboxylic acids is 1. The lowest BCUT2D eigenvalue weighted by atomic mass is 9.73. The van der Waals surface area contributed by atoms with Crippen molar-refractivity contribution in [3.05, 3.63) is 71.8 Å². The monoisotopic (exact) mass is 392 g/mol. The minimum absolute atomic E-state index is 0.0460. The van der Waals surface area contributed by atoms with E-state index in [9.17, 15) is 9.90 Å². The summed E-state index contributed by atoms with van der Waals surface area (Å²) in [6.45, 7) is 4.60. The second kappa shape index (κ2) is 9.10. The Bertz CT molecular complexity index is 795. The Morgan fingerprint density at radius 1 is 1.00 bits per heavy atom. The Kier molecular flexibility index (Phi) is 6.31. The van der Waals surface area contributed by atoms with E-state index in [-0.39, 0.29) is 17.9 Å². The number of benzene rings is 2. The van der Waals surface area contributed by atoms with Crippen LogP contribution in [0.1, 0.15) is 30.4 Å². The topological polar surface area (TPSA) is 43.8 Å². The highest BCUT2D eigenvalue weighted by Crippen LogP contribution is 2.43. The third-order valence-corrected chi connectivity index (χ3v) is 6.82. The van der Waals surface area contributed by atoms with Crippen molar-refractivity contribution in [1.29, 1.82) is 0 Å². The molecule has 2 aliphatic heterocycles. The van der Waals surface area contributed by atoms with Gasteiger partial charge < -0.3 is 10.0 Å². The van der Waals surface area contributed by atoms with Gasteiger partial charge in [-0.2, -0.15) is 0 Å². The van der Waals surface area contributed by atoms with Crippen molar-refractivity contribution in [2.75, 3.05) is 32.8 Å². The summed E-state index contributed by atoms with van der Waals surface area (Å²) in [6.07, 6.45) is 3.37. The molecule has 0 unspecified atom stereocenters. The molecule has 1 amide bonds. The molecule has 2 heterocycles. The fourth-order valence-electron chi connectivity index (χ4n) is 5.09. The standard InChI is InChI=1S/C25H32N2O2/c28-20-25-14-15-27(24(29)13-7-12-21-8-3-1-4-9-21)18-23(25)17-26(19-25)16-22-10-5-2-6-11-22/h1-6,8-11,23,28H,7,12-20H2/t23-,25-/m0/s1. The van der Waals surface area contributed by atoms with E-state index in [1.54, 1.807) is 0 Å². The highest BCUT2D eigenvalue weighted by Gasteiger charge is 2.49. The maximum absolute atomic E-state index is 12.8. The van der Waals surface area contributed by atoms with Crippen molar-refractivity contribution in [1.82, 2.24) is 9.80 Å². The molecule has 0 aliphatic carbocycles. The first-order valence-corrected chi connectivity index (χ1v) is 10.9.